The van der Waals surface area contributed by atoms with E-state index < -0.39 is 19.1 Å². The number of carboxylic acids is 1. The van der Waals surface area contributed by atoms with Gasteiger partial charge in [0.1, 0.15) is 0 Å². The topological polar surface area (TPSA) is 101 Å². The number of carbonyl (C=O) groups is 1. The number of aryl methyl sites for hydroxylation is 1. The van der Waals surface area contributed by atoms with Crippen molar-refractivity contribution in [3.8, 4) is 0 Å². The van der Waals surface area contributed by atoms with Gasteiger partial charge in [0, 0.05) is 12.6 Å². The lowest BCUT2D eigenvalue weighted by atomic mass is 10.1. The Kier molecular flexibility index (Phi) is 6.22. The molecule has 6 heteroatoms. The molecule has 0 amide bonds. The van der Waals surface area contributed by atoms with Crippen LogP contribution in [0, 0.1) is 0 Å². The van der Waals surface area contributed by atoms with Crippen molar-refractivity contribution < 1.29 is 19.4 Å². The van der Waals surface area contributed by atoms with Crippen LogP contribution in [0.1, 0.15) is 24.8 Å². The normalized spacial score (nSPS) is 15.7. The third kappa shape index (κ3) is 6.01. The molecule has 0 aromatic heterocycles. The van der Waals surface area contributed by atoms with Crippen molar-refractivity contribution >= 4 is 13.3 Å². The molecule has 2 atom stereocenters. The van der Waals surface area contributed by atoms with Crippen molar-refractivity contribution in [2.45, 2.75) is 31.5 Å². The zero-order valence-electron chi connectivity index (χ0n) is 10.7. The number of nitrogens with two attached hydrogens (primary N) is 1. The molecule has 2 unspecified atom stereocenters. The Morgan fingerprint density at radius 2 is 1.95 bits per heavy atom. The van der Waals surface area contributed by atoms with Gasteiger partial charge in [-0.3, -0.25) is 9.36 Å². The van der Waals surface area contributed by atoms with E-state index in [2.05, 4.69) is 0 Å². The highest BCUT2D eigenvalue weighted by molar-refractivity contribution is 7.58. The second-order valence-corrected chi connectivity index (χ2v) is 7.19. The number of hydrogen-bond acceptors (Lipinski definition) is 3. The average Bonchev–Trinajstić information content (AvgIpc) is 2.36. The lowest BCUT2D eigenvalue weighted by Gasteiger charge is -2.18. The van der Waals surface area contributed by atoms with E-state index in [9.17, 15) is 14.3 Å². The molecule has 1 aromatic carbocycles. The first-order valence-corrected chi connectivity index (χ1v) is 8.16. The summed E-state index contributed by atoms with van der Waals surface area (Å²) < 4.78 is 12.0. The Balaban J connectivity index is 2.37. The standard InChI is InChI=1S/C13H20NO4P/c14-12(8-9-13(15)16)19(17,18)10-4-7-11-5-2-1-3-6-11/h1-3,5-6,12H,4,7-10,14H2,(H,15,16)(H,17,18). The minimum atomic E-state index is -3.46. The van der Waals surface area contributed by atoms with Crippen LogP contribution in [0.3, 0.4) is 0 Å². The van der Waals surface area contributed by atoms with Crippen LogP contribution in [0.4, 0.5) is 0 Å². The maximum atomic E-state index is 12.0. The fourth-order valence-corrected chi connectivity index (χ4v) is 3.27. The lowest BCUT2D eigenvalue weighted by Crippen LogP contribution is -2.22. The Bertz CT molecular complexity index is 449. The number of aliphatic carboxylic acids is 1. The molecule has 0 aliphatic carbocycles. The summed E-state index contributed by atoms with van der Waals surface area (Å²) in [6.07, 6.45) is 1.27. The van der Waals surface area contributed by atoms with E-state index in [4.69, 9.17) is 10.8 Å². The van der Waals surface area contributed by atoms with Crippen molar-refractivity contribution in [1.29, 1.82) is 0 Å². The molecular weight excluding hydrogens is 265 g/mol. The minimum absolute atomic E-state index is 0.0362. The van der Waals surface area contributed by atoms with Crippen molar-refractivity contribution in [2.24, 2.45) is 5.73 Å². The number of carboxylic acid groups (broad SMARTS) is 1. The molecule has 0 saturated heterocycles. The fraction of sp³-hybridized carbons (Fsp3) is 0.462. The van der Waals surface area contributed by atoms with Crippen molar-refractivity contribution in [3.63, 3.8) is 0 Å². The zero-order chi connectivity index (χ0) is 14.3. The van der Waals surface area contributed by atoms with Gasteiger partial charge in [-0.2, -0.15) is 0 Å². The third-order valence-corrected chi connectivity index (χ3v) is 5.21. The van der Waals surface area contributed by atoms with Gasteiger partial charge >= 0.3 is 5.97 Å². The van der Waals surface area contributed by atoms with Crippen molar-refractivity contribution in [2.75, 3.05) is 6.16 Å². The molecule has 19 heavy (non-hydrogen) atoms. The maximum absolute atomic E-state index is 12.0. The monoisotopic (exact) mass is 285 g/mol. The SMILES string of the molecule is NC(CCC(=O)O)P(=O)(O)CCCc1ccccc1. The quantitative estimate of drug-likeness (QED) is 0.634. The number of hydrogen-bond donors (Lipinski definition) is 3. The van der Waals surface area contributed by atoms with Crippen LogP contribution in [-0.4, -0.2) is 27.9 Å². The molecule has 4 N–H and O–H groups in total. The average molecular weight is 285 g/mol. The molecule has 0 spiro atoms. The molecule has 0 bridgehead atoms. The highest BCUT2D eigenvalue weighted by Crippen LogP contribution is 2.46. The molecule has 0 saturated carbocycles. The van der Waals surface area contributed by atoms with Crippen LogP contribution in [0.15, 0.2) is 30.3 Å². The van der Waals surface area contributed by atoms with E-state index in [1.165, 1.54) is 0 Å². The molecule has 0 radical (unpaired) electrons. The number of benzene rings is 1. The van der Waals surface area contributed by atoms with Gasteiger partial charge in [-0.15, -0.1) is 0 Å². The minimum Gasteiger partial charge on any atom is -0.481 e. The van der Waals surface area contributed by atoms with Gasteiger partial charge in [0.25, 0.3) is 0 Å². The van der Waals surface area contributed by atoms with Crippen LogP contribution in [0.5, 0.6) is 0 Å². The van der Waals surface area contributed by atoms with Crippen LogP contribution in [0.2, 0.25) is 0 Å². The summed E-state index contributed by atoms with van der Waals surface area (Å²) in [4.78, 5) is 20.2. The largest absolute Gasteiger partial charge is 0.481 e. The van der Waals surface area contributed by atoms with E-state index in [0.29, 0.717) is 6.42 Å². The molecule has 0 fully saturated rings. The van der Waals surface area contributed by atoms with Gasteiger partial charge in [-0.1, -0.05) is 30.3 Å². The summed E-state index contributed by atoms with van der Waals surface area (Å²) in [5.74, 6) is -1.95. The highest BCUT2D eigenvalue weighted by atomic mass is 31.2. The fourth-order valence-electron chi connectivity index (χ4n) is 1.79. The van der Waals surface area contributed by atoms with Crippen LogP contribution in [0.25, 0.3) is 0 Å². The van der Waals surface area contributed by atoms with E-state index in [0.717, 1.165) is 12.0 Å². The predicted octanol–water partition coefficient (Wildman–Crippen LogP) is 2.04. The van der Waals surface area contributed by atoms with Crippen LogP contribution in [-0.2, 0) is 15.8 Å². The Morgan fingerprint density at radius 3 is 2.53 bits per heavy atom. The van der Waals surface area contributed by atoms with E-state index in [1.54, 1.807) is 0 Å². The molecule has 0 heterocycles. The van der Waals surface area contributed by atoms with Crippen molar-refractivity contribution in [1.82, 2.24) is 0 Å². The second-order valence-electron chi connectivity index (χ2n) is 4.57. The number of rotatable bonds is 8. The van der Waals surface area contributed by atoms with Gasteiger partial charge in [0.15, 0.2) is 0 Å². The Morgan fingerprint density at radius 1 is 1.32 bits per heavy atom. The molecular formula is C13H20NO4P. The first-order valence-electron chi connectivity index (χ1n) is 6.24. The van der Waals surface area contributed by atoms with Gasteiger partial charge in [0.05, 0.1) is 5.78 Å². The summed E-state index contributed by atoms with van der Waals surface area (Å²) in [6, 6.07) is 9.69. The van der Waals surface area contributed by atoms with Gasteiger partial charge in [0.2, 0.25) is 7.37 Å². The van der Waals surface area contributed by atoms with Gasteiger partial charge in [-0.05, 0) is 24.8 Å². The highest BCUT2D eigenvalue weighted by Gasteiger charge is 2.27. The summed E-state index contributed by atoms with van der Waals surface area (Å²) in [5.41, 5.74) is 6.72. The van der Waals surface area contributed by atoms with E-state index in [-0.39, 0.29) is 19.0 Å². The van der Waals surface area contributed by atoms with E-state index >= 15 is 0 Å². The zero-order valence-corrected chi connectivity index (χ0v) is 11.6. The predicted molar refractivity (Wildman–Crippen MR) is 74.3 cm³/mol. The molecule has 5 nitrogen and oxygen atoms in total. The van der Waals surface area contributed by atoms with Gasteiger partial charge in [-0.25, -0.2) is 0 Å². The van der Waals surface area contributed by atoms with E-state index in [1.807, 2.05) is 30.3 Å². The lowest BCUT2D eigenvalue weighted by molar-refractivity contribution is -0.137. The maximum Gasteiger partial charge on any atom is 0.303 e. The molecule has 0 aliphatic rings. The summed E-state index contributed by atoms with van der Waals surface area (Å²) in [7, 11) is -3.46. The van der Waals surface area contributed by atoms with Crippen LogP contribution < -0.4 is 5.73 Å². The summed E-state index contributed by atoms with van der Waals surface area (Å²) in [5, 5.41) is 8.53. The second kappa shape index (κ2) is 7.43. The Labute approximate surface area is 112 Å². The van der Waals surface area contributed by atoms with Gasteiger partial charge < -0.3 is 15.7 Å². The molecule has 1 aromatic rings. The Hall–Kier alpha value is -1.16. The third-order valence-electron chi connectivity index (χ3n) is 2.96. The smallest absolute Gasteiger partial charge is 0.303 e. The van der Waals surface area contributed by atoms with Crippen molar-refractivity contribution in [3.05, 3.63) is 35.9 Å². The first kappa shape index (κ1) is 15.9. The summed E-state index contributed by atoms with van der Waals surface area (Å²) in [6.45, 7) is 0. The molecule has 1 rings (SSSR count). The van der Waals surface area contributed by atoms with Crippen LogP contribution >= 0.6 is 7.37 Å². The summed E-state index contributed by atoms with van der Waals surface area (Å²) >= 11 is 0. The first-order chi connectivity index (χ1) is 8.92. The molecule has 106 valence electrons. The molecule has 0 aliphatic heterocycles.